The molecule has 13 nitrogen and oxygen atoms in total. The Balaban J connectivity index is 1.56. The number of rotatable bonds is 8. The van der Waals surface area contributed by atoms with Crippen LogP contribution in [-0.2, 0) is 24.5 Å². The van der Waals surface area contributed by atoms with Gasteiger partial charge in [-0.25, -0.2) is 29.3 Å². The van der Waals surface area contributed by atoms with Crippen LogP contribution in [0.5, 0.6) is 0 Å². The molecule has 254 valence electrons. The Hall–Kier alpha value is -3.31. The summed E-state index contributed by atoms with van der Waals surface area (Å²) in [6.07, 6.45) is -0.0298. The molecule has 16 heteroatoms. The number of thiazole rings is 3. The zero-order valence-electron chi connectivity index (χ0n) is 27.7. The van der Waals surface area contributed by atoms with Crippen molar-refractivity contribution in [2.75, 3.05) is 13.2 Å². The van der Waals surface area contributed by atoms with E-state index in [1.54, 1.807) is 29.5 Å². The maximum Gasteiger partial charge on any atom is 0.413 e. The van der Waals surface area contributed by atoms with E-state index < -0.39 is 47.0 Å². The van der Waals surface area contributed by atoms with Crippen molar-refractivity contribution in [1.29, 1.82) is 0 Å². The van der Waals surface area contributed by atoms with E-state index in [9.17, 15) is 14.4 Å². The third-order valence-electron chi connectivity index (χ3n) is 7.61. The van der Waals surface area contributed by atoms with Crippen molar-refractivity contribution in [3.63, 3.8) is 0 Å². The lowest BCUT2D eigenvalue weighted by Gasteiger charge is -2.36. The van der Waals surface area contributed by atoms with Gasteiger partial charge in [-0.05, 0) is 68.2 Å². The van der Waals surface area contributed by atoms with Crippen molar-refractivity contribution in [2.45, 2.75) is 103 Å². The van der Waals surface area contributed by atoms with E-state index in [-0.39, 0.29) is 30.7 Å². The molecule has 0 bridgehead atoms. The Morgan fingerprint density at radius 1 is 1.00 bits per heavy atom. The second-order valence-corrected chi connectivity index (χ2v) is 15.3. The summed E-state index contributed by atoms with van der Waals surface area (Å²) in [6.45, 7) is 14.9. The number of amides is 1. The summed E-state index contributed by atoms with van der Waals surface area (Å²) in [5.74, 6) is -1.03. The molecule has 2 aliphatic rings. The van der Waals surface area contributed by atoms with Gasteiger partial charge in [-0.1, -0.05) is 0 Å². The van der Waals surface area contributed by atoms with Crippen LogP contribution in [0.15, 0.2) is 21.1 Å². The lowest BCUT2D eigenvalue weighted by Crippen LogP contribution is -2.47. The van der Waals surface area contributed by atoms with Gasteiger partial charge >= 0.3 is 18.0 Å². The second-order valence-electron chi connectivity index (χ2n) is 12.7. The standard InChI is InChI=1S/C31H40N6O7S3/c1-9-41-25(38)19-14-45-23(35-19)17-11-12-31(32,27-36-20(15-47-27)26(39)42-10-2)22(33-17)18-13-46-24(34-18)21-16(3)43-30(7,8)37(21)28(40)44-29(4,5)6/h13-16,21-22H,9-12,32H2,1-8H3/t16-,21+,22-,31-/m1/s1. The van der Waals surface area contributed by atoms with Crippen LogP contribution < -0.4 is 5.73 Å². The highest BCUT2D eigenvalue weighted by Gasteiger charge is 2.52. The normalized spacial score (nSPS) is 24.1. The zero-order valence-corrected chi connectivity index (χ0v) is 30.1. The summed E-state index contributed by atoms with van der Waals surface area (Å²) >= 11 is 3.94. The van der Waals surface area contributed by atoms with Crippen LogP contribution in [0.2, 0.25) is 0 Å². The molecule has 4 atom stereocenters. The molecule has 2 N–H and O–H groups in total. The SMILES string of the molecule is CCOC(=O)c1csc(C2=N[C@H](c3csc([C@@H]4[C@@H](C)OC(C)(C)N4C(=O)OC(C)(C)C)n3)[C@@](N)(c3nc(C(=O)OCC)cs3)CC2)n1. The lowest BCUT2D eigenvalue weighted by atomic mass is 9.82. The Labute approximate surface area is 285 Å². The number of esters is 2. The number of carbonyl (C=O) groups excluding carboxylic acids is 3. The molecular formula is C31H40N6O7S3. The Kier molecular flexibility index (Phi) is 9.91. The minimum absolute atomic E-state index is 0.176. The average molecular weight is 705 g/mol. The summed E-state index contributed by atoms with van der Waals surface area (Å²) in [5.41, 5.74) is 6.05. The van der Waals surface area contributed by atoms with Gasteiger partial charge < -0.3 is 24.7 Å². The molecule has 0 radical (unpaired) electrons. The topological polar surface area (TPSA) is 168 Å². The minimum atomic E-state index is -1.13. The Morgan fingerprint density at radius 3 is 2.28 bits per heavy atom. The van der Waals surface area contributed by atoms with Crippen LogP contribution in [0.4, 0.5) is 4.79 Å². The molecule has 2 aliphatic heterocycles. The van der Waals surface area contributed by atoms with Crippen LogP contribution in [0.3, 0.4) is 0 Å². The van der Waals surface area contributed by atoms with Crippen molar-refractivity contribution < 1.29 is 33.3 Å². The van der Waals surface area contributed by atoms with Gasteiger partial charge in [-0.15, -0.1) is 34.0 Å². The summed E-state index contributed by atoms with van der Waals surface area (Å²) in [6, 6.07) is -1.26. The molecule has 0 saturated carbocycles. The van der Waals surface area contributed by atoms with E-state index in [4.69, 9.17) is 34.7 Å². The fourth-order valence-electron chi connectivity index (χ4n) is 5.64. The van der Waals surface area contributed by atoms with Gasteiger partial charge in [-0.2, -0.15) is 0 Å². The van der Waals surface area contributed by atoms with Crippen LogP contribution in [0, 0.1) is 0 Å². The highest BCUT2D eigenvalue weighted by molar-refractivity contribution is 7.12. The van der Waals surface area contributed by atoms with Crippen molar-refractivity contribution in [3.05, 3.63) is 48.2 Å². The van der Waals surface area contributed by atoms with Crippen LogP contribution in [-0.4, -0.2) is 74.2 Å². The maximum absolute atomic E-state index is 13.5. The number of nitrogens with two attached hydrogens (primary N) is 1. The van der Waals surface area contributed by atoms with E-state index in [0.29, 0.717) is 39.3 Å². The summed E-state index contributed by atoms with van der Waals surface area (Å²) in [4.78, 5) is 59.1. The maximum atomic E-state index is 13.5. The van der Waals surface area contributed by atoms with E-state index in [0.717, 1.165) is 0 Å². The number of hydrogen-bond acceptors (Lipinski definition) is 15. The van der Waals surface area contributed by atoms with E-state index in [1.807, 2.05) is 46.9 Å². The third kappa shape index (κ3) is 7.11. The molecule has 0 aliphatic carbocycles. The first-order chi connectivity index (χ1) is 22.1. The summed E-state index contributed by atoms with van der Waals surface area (Å²) < 4.78 is 22.3. The Morgan fingerprint density at radius 2 is 1.64 bits per heavy atom. The van der Waals surface area contributed by atoms with Gasteiger partial charge in [0.2, 0.25) is 0 Å². The van der Waals surface area contributed by atoms with Gasteiger partial charge in [0.05, 0.1) is 36.3 Å². The predicted octanol–water partition coefficient (Wildman–Crippen LogP) is 6.02. The largest absolute Gasteiger partial charge is 0.461 e. The molecule has 47 heavy (non-hydrogen) atoms. The fraction of sp³-hybridized carbons (Fsp3) is 0.581. The predicted molar refractivity (Wildman–Crippen MR) is 178 cm³/mol. The molecule has 0 unspecified atom stereocenters. The monoisotopic (exact) mass is 704 g/mol. The number of hydrogen-bond donors (Lipinski definition) is 1. The molecule has 1 fully saturated rings. The molecular weight excluding hydrogens is 665 g/mol. The molecule has 1 saturated heterocycles. The molecule has 0 aromatic carbocycles. The van der Waals surface area contributed by atoms with Crippen LogP contribution in [0.25, 0.3) is 0 Å². The fourth-order valence-corrected chi connectivity index (χ4v) is 8.43. The highest BCUT2D eigenvalue weighted by atomic mass is 32.1. The molecule has 5 heterocycles. The lowest BCUT2D eigenvalue weighted by molar-refractivity contribution is -0.0757. The molecule has 0 spiro atoms. The minimum Gasteiger partial charge on any atom is -0.461 e. The summed E-state index contributed by atoms with van der Waals surface area (Å²) in [5, 5.41) is 6.90. The third-order valence-corrected chi connectivity index (χ3v) is 10.5. The molecule has 1 amide bonds. The summed E-state index contributed by atoms with van der Waals surface area (Å²) in [7, 11) is 0. The van der Waals surface area contributed by atoms with E-state index >= 15 is 0 Å². The van der Waals surface area contributed by atoms with E-state index in [1.165, 1.54) is 34.0 Å². The Bertz CT molecular complexity index is 1670. The van der Waals surface area contributed by atoms with Crippen LogP contribution in [0.1, 0.15) is 122 Å². The number of nitrogens with zero attached hydrogens (tertiary/aromatic N) is 5. The van der Waals surface area contributed by atoms with Gasteiger partial charge in [-0.3, -0.25) is 9.89 Å². The first-order valence-corrected chi connectivity index (χ1v) is 18.0. The van der Waals surface area contributed by atoms with Crippen LogP contribution >= 0.6 is 34.0 Å². The van der Waals surface area contributed by atoms with Crippen molar-refractivity contribution >= 4 is 57.8 Å². The first kappa shape index (κ1) is 35.0. The van der Waals surface area contributed by atoms with Gasteiger partial charge in [0, 0.05) is 16.1 Å². The smallest absolute Gasteiger partial charge is 0.413 e. The number of ether oxygens (including phenoxy) is 4. The second kappa shape index (κ2) is 13.3. The zero-order chi connectivity index (χ0) is 34.3. The van der Waals surface area contributed by atoms with E-state index in [2.05, 4.69) is 9.97 Å². The number of carbonyl (C=O) groups is 3. The van der Waals surface area contributed by atoms with Crippen molar-refractivity contribution in [3.8, 4) is 0 Å². The van der Waals surface area contributed by atoms with Gasteiger partial charge in [0.1, 0.15) is 38.4 Å². The number of aromatic nitrogens is 3. The number of aliphatic imine (C=N–C) groups is 1. The molecule has 3 aromatic heterocycles. The van der Waals surface area contributed by atoms with Gasteiger partial charge in [0.25, 0.3) is 0 Å². The van der Waals surface area contributed by atoms with Crippen molar-refractivity contribution in [1.82, 2.24) is 19.9 Å². The quantitative estimate of drug-likeness (QED) is 0.215. The highest BCUT2D eigenvalue weighted by Crippen LogP contribution is 2.48. The molecule has 3 aromatic rings. The van der Waals surface area contributed by atoms with Gasteiger partial charge in [0.15, 0.2) is 11.4 Å². The first-order valence-electron chi connectivity index (χ1n) is 15.3. The van der Waals surface area contributed by atoms with Crippen molar-refractivity contribution in [2.24, 2.45) is 10.7 Å². The molecule has 5 rings (SSSR count). The average Bonchev–Trinajstić information content (AvgIpc) is 3.78.